The summed E-state index contributed by atoms with van der Waals surface area (Å²) in [6.45, 7) is 2.67. The molecule has 0 radical (unpaired) electrons. The predicted octanol–water partition coefficient (Wildman–Crippen LogP) is 4.51. The molecule has 0 bridgehead atoms. The normalized spacial score (nSPS) is 12.4. The van der Waals surface area contributed by atoms with Crippen LogP contribution in [0.25, 0.3) is 0 Å². The number of benzene rings is 2. The SMILES string of the molecule is CCNC(Cc1ccccc1F)c1ccc(Cl)c(F)c1. The van der Waals surface area contributed by atoms with E-state index in [1.807, 2.05) is 6.92 Å². The number of likely N-dealkylation sites (N-methyl/N-ethyl adjacent to an activating group) is 1. The van der Waals surface area contributed by atoms with Gasteiger partial charge in [-0.15, -0.1) is 0 Å². The van der Waals surface area contributed by atoms with Crippen molar-refractivity contribution in [1.29, 1.82) is 0 Å². The Hall–Kier alpha value is -1.45. The van der Waals surface area contributed by atoms with Gasteiger partial charge in [-0.3, -0.25) is 0 Å². The van der Waals surface area contributed by atoms with Crippen LogP contribution in [-0.4, -0.2) is 6.54 Å². The third-order valence-electron chi connectivity index (χ3n) is 3.18. The van der Waals surface area contributed by atoms with E-state index in [1.54, 1.807) is 24.3 Å². The first-order valence-electron chi connectivity index (χ1n) is 6.53. The molecule has 0 aliphatic rings. The Morgan fingerprint density at radius 1 is 1.10 bits per heavy atom. The maximum atomic E-state index is 13.7. The summed E-state index contributed by atoms with van der Waals surface area (Å²) in [6.07, 6.45) is 0.460. The molecule has 106 valence electrons. The van der Waals surface area contributed by atoms with Crippen molar-refractivity contribution in [1.82, 2.24) is 5.32 Å². The van der Waals surface area contributed by atoms with E-state index in [0.717, 1.165) is 5.56 Å². The molecular formula is C16H16ClF2N. The molecular weight excluding hydrogens is 280 g/mol. The average Bonchev–Trinajstić information content (AvgIpc) is 2.44. The molecule has 4 heteroatoms. The third kappa shape index (κ3) is 3.56. The van der Waals surface area contributed by atoms with Crippen LogP contribution in [0, 0.1) is 11.6 Å². The highest BCUT2D eigenvalue weighted by Gasteiger charge is 2.15. The lowest BCUT2D eigenvalue weighted by atomic mass is 9.98. The fraction of sp³-hybridized carbons (Fsp3) is 0.250. The Morgan fingerprint density at radius 3 is 2.50 bits per heavy atom. The third-order valence-corrected chi connectivity index (χ3v) is 3.48. The standard InChI is InChI=1S/C16H16ClF2N/c1-2-20-16(10-11-5-3-4-6-14(11)18)12-7-8-13(17)15(19)9-12/h3-9,16,20H,2,10H2,1H3. The lowest BCUT2D eigenvalue weighted by Crippen LogP contribution is -2.23. The van der Waals surface area contributed by atoms with Crippen molar-refractivity contribution in [2.24, 2.45) is 0 Å². The van der Waals surface area contributed by atoms with Crippen LogP contribution < -0.4 is 5.32 Å². The predicted molar refractivity (Wildman–Crippen MR) is 77.9 cm³/mol. The molecule has 0 aliphatic heterocycles. The maximum absolute atomic E-state index is 13.7. The van der Waals surface area contributed by atoms with Crippen LogP contribution in [0.4, 0.5) is 8.78 Å². The second-order valence-electron chi connectivity index (χ2n) is 4.58. The van der Waals surface area contributed by atoms with Crippen molar-refractivity contribution in [2.45, 2.75) is 19.4 Å². The second-order valence-corrected chi connectivity index (χ2v) is 4.99. The van der Waals surface area contributed by atoms with E-state index < -0.39 is 5.82 Å². The fourth-order valence-electron chi connectivity index (χ4n) is 2.17. The van der Waals surface area contributed by atoms with E-state index in [4.69, 9.17) is 11.6 Å². The molecule has 1 atom stereocenters. The Bertz CT molecular complexity index is 586. The number of hydrogen-bond donors (Lipinski definition) is 1. The van der Waals surface area contributed by atoms with Crippen molar-refractivity contribution in [3.63, 3.8) is 0 Å². The van der Waals surface area contributed by atoms with E-state index in [2.05, 4.69) is 5.32 Å². The minimum absolute atomic E-state index is 0.0925. The average molecular weight is 296 g/mol. The van der Waals surface area contributed by atoms with Gasteiger partial charge in [-0.2, -0.15) is 0 Å². The Morgan fingerprint density at radius 2 is 1.85 bits per heavy atom. The summed E-state index contributed by atoms with van der Waals surface area (Å²) >= 11 is 5.69. The molecule has 1 nitrogen and oxygen atoms in total. The highest BCUT2D eigenvalue weighted by molar-refractivity contribution is 6.30. The molecule has 2 rings (SSSR count). The minimum Gasteiger partial charge on any atom is -0.310 e. The number of hydrogen-bond acceptors (Lipinski definition) is 1. The first-order chi connectivity index (χ1) is 9.61. The van der Waals surface area contributed by atoms with Gasteiger partial charge in [0, 0.05) is 6.04 Å². The summed E-state index contributed by atoms with van der Waals surface area (Å²) in [5.41, 5.74) is 1.37. The smallest absolute Gasteiger partial charge is 0.142 e. The molecule has 0 spiro atoms. The van der Waals surface area contributed by atoms with Gasteiger partial charge < -0.3 is 5.32 Å². The van der Waals surface area contributed by atoms with Gasteiger partial charge in [-0.1, -0.05) is 42.8 Å². The highest BCUT2D eigenvalue weighted by Crippen LogP contribution is 2.24. The van der Waals surface area contributed by atoms with Gasteiger partial charge in [0.15, 0.2) is 0 Å². The van der Waals surface area contributed by atoms with Crippen LogP contribution in [0.1, 0.15) is 24.1 Å². The lowest BCUT2D eigenvalue weighted by Gasteiger charge is -2.19. The summed E-state index contributed by atoms with van der Waals surface area (Å²) in [5, 5.41) is 3.34. The van der Waals surface area contributed by atoms with Crippen molar-refractivity contribution < 1.29 is 8.78 Å². The van der Waals surface area contributed by atoms with Crippen LogP contribution in [-0.2, 0) is 6.42 Å². The molecule has 0 heterocycles. The van der Waals surface area contributed by atoms with E-state index in [0.29, 0.717) is 18.5 Å². The first-order valence-corrected chi connectivity index (χ1v) is 6.91. The summed E-state index contributed by atoms with van der Waals surface area (Å²) in [6, 6.07) is 11.2. The molecule has 0 fully saturated rings. The van der Waals surface area contributed by atoms with Gasteiger partial charge in [0.2, 0.25) is 0 Å². The zero-order valence-corrected chi connectivity index (χ0v) is 11.9. The Labute approximate surface area is 122 Å². The summed E-state index contributed by atoms with van der Waals surface area (Å²) in [4.78, 5) is 0. The van der Waals surface area contributed by atoms with E-state index >= 15 is 0 Å². The number of halogens is 3. The minimum atomic E-state index is -0.458. The molecule has 1 N–H and O–H groups in total. The van der Waals surface area contributed by atoms with E-state index in [9.17, 15) is 8.78 Å². The first kappa shape index (κ1) is 14.9. The largest absolute Gasteiger partial charge is 0.310 e. The lowest BCUT2D eigenvalue weighted by molar-refractivity contribution is 0.523. The van der Waals surface area contributed by atoms with Gasteiger partial charge in [0.25, 0.3) is 0 Å². The summed E-state index contributed by atoms with van der Waals surface area (Å²) < 4.78 is 27.3. The van der Waals surface area contributed by atoms with Crippen LogP contribution in [0.3, 0.4) is 0 Å². The molecule has 2 aromatic carbocycles. The van der Waals surface area contributed by atoms with Gasteiger partial charge in [-0.05, 0) is 42.3 Å². The number of nitrogens with one attached hydrogen (secondary N) is 1. The van der Waals surface area contributed by atoms with Gasteiger partial charge in [-0.25, -0.2) is 8.78 Å². The highest BCUT2D eigenvalue weighted by atomic mass is 35.5. The molecule has 20 heavy (non-hydrogen) atoms. The van der Waals surface area contributed by atoms with Crippen LogP contribution in [0.2, 0.25) is 5.02 Å². The van der Waals surface area contributed by atoms with Crippen molar-refractivity contribution in [3.8, 4) is 0 Å². The van der Waals surface area contributed by atoms with Gasteiger partial charge in [0.05, 0.1) is 5.02 Å². The van der Waals surface area contributed by atoms with Crippen molar-refractivity contribution in [3.05, 3.63) is 70.2 Å². The quantitative estimate of drug-likeness (QED) is 0.855. The molecule has 2 aromatic rings. The number of rotatable bonds is 5. The molecule has 0 saturated carbocycles. The zero-order chi connectivity index (χ0) is 14.5. The monoisotopic (exact) mass is 295 g/mol. The zero-order valence-electron chi connectivity index (χ0n) is 11.2. The van der Waals surface area contributed by atoms with Crippen molar-refractivity contribution >= 4 is 11.6 Å². The van der Waals surface area contributed by atoms with Crippen LogP contribution >= 0.6 is 11.6 Å². The molecule has 0 amide bonds. The maximum Gasteiger partial charge on any atom is 0.142 e. The summed E-state index contributed by atoms with van der Waals surface area (Å²) in [5.74, 6) is -0.703. The van der Waals surface area contributed by atoms with Gasteiger partial charge >= 0.3 is 0 Å². The topological polar surface area (TPSA) is 12.0 Å². The summed E-state index contributed by atoms with van der Waals surface area (Å²) in [7, 11) is 0. The van der Waals surface area contributed by atoms with E-state index in [1.165, 1.54) is 18.2 Å². The van der Waals surface area contributed by atoms with Crippen LogP contribution in [0.15, 0.2) is 42.5 Å². The fourth-order valence-corrected chi connectivity index (χ4v) is 2.28. The molecule has 0 aromatic heterocycles. The Balaban J connectivity index is 2.27. The van der Waals surface area contributed by atoms with Gasteiger partial charge in [0.1, 0.15) is 11.6 Å². The molecule has 0 saturated heterocycles. The molecule has 1 unspecified atom stereocenters. The Kier molecular flexibility index (Phi) is 5.10. The van der Waals surface area contributed by atoms with Crippen molar-refractivity contribution in [2.75, 3.05) is 6.54 Å². The van der Waals surface area contributed by atoms with E-state index in [-0.39, 0.29) is 16.9 Å². The second kappa shape index (κ2) is 6.82. The van der Waals surface area contributed by atoms with Crippen LogP contribution in [0.5, 0.6) is 0 Å². The molecule has 0 aliphatic carbocycles.